The van der Waals surface area contributed by atoms with Crippen molar-refractivity contribution < 1.29 is 18.3 Å². The van der Waals surface area contributed by atoms with Crippen molar-refractivity contribution in [2.24, 2.45) is 5.92 Å². The molecular formula is C21H26N4O4S2. The van der Waals surface area contributed by atoms with Gasteiger partial charge in [-0.2, -0.15) is 5.26 Å². The Hall–Kier alpha value is -2.48. The molecule has 0 spiro atoms. The number of aryl methyl sites for hydroxylation is 1. The van der Waals surface area contributed by atoms with Crippen LogP contribution in [0.3, 0.4) is 0 Å². The van der Waals surface area contributed by atoms with Crippen LogP contribution < -0.4 is 9.62 Å². The molecule has 1 aromatic carbocycles. The smallest absolute Gasteiger partial charge is 0.284 e. The van der Waals surface area contributed by atoms with Gasteiger partial charge in [-0.05, 0) is 56.4 Å². The zero-order valence-corrected chi connectivity index (χ0v) is 19.2. The molecule has 0 saturated heterocycles. The van der Waals surface area contributed by atoms with E-state index in [-0.39, 0.29) is 17.7 Å². The second kappa shape index (κ2) is 9.77. The van der Waals surface area contributed by atoms with Crippen molar-refractivity contribution in [2.45, 2.75) is 45.1 Å². The van der Waals surface area contributed by atoms with E-state index < -0.39 is 15.9 Å². The van der Waals surface area contributed by atoms with E-state index in [1.807, 2.05) is 21.8 Å². The lowest BCUT2D eigenvalue weighted by Crippen LogP contribution is -2.30. The highest BCUT2D eigenvalue weighted by Crippen LogP contribution is 2.35. The fourth-order valence-electron chi connectivity index (χ4n) is 3.79. The summed E-state index contributed by atoms with van der Waals surface area (Å²) in [5, 5.41) is 19.9. The molecule has 3 rings (SSSR count). The first kappa shape index (κ1) is 23.2. The number of aliphatic hydroxyl groups excluding tert-OH is 1. The van der Waals surface area contributed by atoms with Gasteiger partial charge in [-0.1, -0.05) is 12.8 Å². The number of hydrogen-bond donors (Lipinski definition) is 2. The Morgan fingerprint density at radius 1 is 1.32 bits per heavy atom. The lowest BCUT2D eigenvalue weighted by Gasteiger charge is -2.27. The van der Waals surface area contributed by atoms with Crippen LogP contribution in [-0.2, 0) is 10.0 Å². The number of nitriles is 1. The lowest BCUT2D eigenvalue weighted by molar-refractivity contribution is 0.0977. The lowest BCUT2D eigenvalue weighted by atomic mass is 9.98. The molecule has 8 nitrogen and oxygen atoms in total. The van der Waals surface area contributed by atoms with Gasteiger partial charge in [0.05, 0.1) is 24.0 Å². The number of rotatable bonds is 6. The molecule has 0 aliphatic heterocycles. The standard InChI is InChI=1S/C21H26N4O4S2/c1-14-19(20(27)24-31(2,28)29)23-21(30-14)25(17-9-7-15(12-22)8-10-17)13-16-5-3-4-6-18(26)11-16/h7-10,16,18,26H,3-6,11,13H2,1-2H3,(H,24,27). The highest BCUT2D eigenvalue weighted by Gasteiger charge is 2.26. The summed E-state index contributed by atoms with van der Waals surface area (Å²) in [6.07, 6.45) is 5.12. The Kier molecular flexibility index (Phi) is 7.30. The summed E-state index contributed by atoms with van der Waals surface area (Å²) in [5.41, 5.74) is 1.43. The van der Waals surface area contributed by atoms with E-state index in [2.05, 4.69) is 11.1 Å². The summed E-state index contributed by atoms with van der Waals surface area (Å²) in [5.74, 6) is -0.516. The number of amides is 1. The predicted molar refractivity (Wildman–Crippen MR) is 120 cm³/mol. The molecule has 1 amide bonds. The van der Waals surface area contributed by atoms with E-state index in [1.165, 1.54) is 11.3 Å². The second-order valence-electron chi connectivity index (χ2n) is 7.91. The van der Waals surface area contributed by atoms with Crippen molar-refractivity contribution in [3.05, 3.63) is 40.4 Å². The number of aliphatic hydroxyl groups is 1. The van der Waals surface area contributed by atoms with E-state index in [9.17, 15) is 18.3 Å². The average Bonchev–Trinajstić information content (AvgIpc) is 2.96. The number of carbonyl (C=O) groups is 1. The largest absolute Gasteiger partial charge is 0.393 e. The highest BCUT2D eigenvalue weighted by atomic mass is 32.2. The first-order chi connectivity index (χ1) is 14.7. The van der Waals surface area contributed by atoms with Crippen molar-refractivity contribution in [3.8, 4) is 6.07 Å². The molecule has 0 radical (unpaired) electrons. The van der Waals surface area contributed by atoms with Crippen LogP contribution in [0.25, 0.3) is 0 Å². The fraction of sp³-hybridized carbons (Fsp3) is 0.476. The number of thiazole rings is 1. The molecule has 2 aromatic rings. The maximum Gasteiger partial charge on any atom is 0.284 e. The van der Waals surface area contributed by atoms with E-state index in [0.717, 1.165) is 37.6 Å². The molecule has 1 heterocycles. The Morgan fingerprint density at radius 2 is 2.00 bits per heavy atom. The maximum absolute atomic E-state index is 12.4. The Balaban J connectivity index is 1.94. The first-order valence-electron chi connectivity index (χ1n) is 10.1. The molecular weight excluding hydrogens is 436 g/mol. The number of nitrogens with one attached hydrogen (secondary N) is 1. The van der Waals surface area contributed by atoms with Crippen LogP contribution in [0.2, 0.25) is 0 Å². The fourth-order valence-corrected chi connectivity index (χ4v) is 5.16. The van der Waals surface area contributed by atoms with Crippen molar-refractivity contribution in [1.82, 2.24) is 9.71 Å². The number of benzene rings is 1. The van der Waals surface area contributed by atoms with Crippen molar-refractivity contribution in [3.63, 3.8) is 0 Å². The third-order valence-electron chi connectivity index (χ3n) is 5.26. The van der Waals surface area contributed by atoms with Gasteiger partial charge in [0.2, 0.25) is 10.0 Å². The summed E-state index contributed by atoms with van der Waals surface area (Å²) in [6.45, 7) is 2.33. The minimum atomic E-state index is -3.70. The third-order valence-corrected chi connectivity index (χ3v) is 6.81. The van der Waals surface area contributed by atoms with Gasteiger partial charge in [-0.25, -0.2) is 18.1 Å². The zero-order valence-electron chi connectivity index (χ0n) is 17.5. The van der Waals surface area contributed by atoms with Crippen LogP contribution in [0, 0.1) is 24.2 Å². The van der Waals surface area contributed by atoms with E-state index >= 15 is 0 Å². The van der Waals surface area contributed by atoms with Gasteiger partial charge in [-0.15, -0.1) is 11.3 Å². The maximum atomic E-state index is 12.4. The Bertz CT molecular complexity index is 1070. The van der Waals surface area contributed by atoms with Crippen LogP contribution in [0.15, 0.2) is 24.3 Å². The van der Waals surface area contributed by atoms with Gasteiger partial charge >= 0.3 is 0 Å². The first-order valence-corrected chi connectivity index (χ1v) is 12.8. The number of carbonyl (C=O) groups excluding carboxylic acids is 1. The second-order valence-corrected chi connectivity index (χ2v) is 10.8. The third kappa shape index (κ3) is 6.26. The minimum absolute atomic E-state index is 0.0740. The van der Waals surface area contributed by atoms with Crippen LogP contribution >= 0.6 is 11.3 Å². The number of hydrogen-bond acceptors (Lipinski definition) is 8. The highest BCUT2D eigenvalue weighted by molar-refractivity contribution is 7.89. The molecule has 2 atom stereocenters. The summed E-state index contributed by atoms with van der Waals surface area (Å²) in [7, 11) is -3.70. The quantitative estimate of drug-likeness (QED) is 0.632. The Morgan fingerprint density at radius 3 is 2.65 bits per heavy atom. The van der Waals surface area contributed by atoms with Gasteiger partial charge < -0.3 is 10.0 Å². The molecule has 1 aromatic heterocycles. The summed E-state index contributed by atoms with van der Waals surface area (Å²) >= 11 is 1.31. The monoisotopic (exact) mass is 462 g/mol. The number of anilines is 2. The number of nitrogens with zero attached hydrogens (tertiary/aromatic N) is 3. The molecule has 166 valence electrons. The van der Waals surface area contributed by atoms with Gasteiger partial charge in [0, 0.05) is 17.1 Å². The van der Waals surface area contributed by atoms with Crippen molar-refractivity contribution in [1.29, 1.82) is 5.26 Å². The number of aromatic nitrogens is 1. The van der Waals surface area contributed by atoms with Crippen LogP contribution in [-0.4, -0.2) is 43.3 Å². The SMILES string of the molecule is Cc1sc(N(CC2CCCCC(O)C2)c2ccc(C#N)cc2)nc1C(=O)NS(C)(=O)=O. The van der Waals surface area contributed by atoms with Gasteiger partial charge in [0.25, 0.3) is 5.91 Å². The van der Waals surface area contributed by atoms with Crippen molar-refractivity contribution in [2.75, 3.05) is 17.7 Å². The van der Waals surface area contributed by atoms with Crippen molar-refractivity contribution >= 4 is 38.1 Å². The van der Waals surface area contributed by atoms with Crippen LogP contribution in [0.5, 0.6) is 0 Å². The topological polar surface area (TPSA) is 123 Å². The molecule has 1 fully saturated rings. The van der Waals surface area contributed by atoms with E-state index in [0.29, 0.717) is 28.5 Å². The summed E-state index contributed by atoms with van der Waals surface area (Å²) < 4.78 is 24.9. The average molecular weight is 463 g/mol. The predicted octanol–water partition coefficient (Wildman–Crippen LogP) is 3.09. The van der Waals surface area contributed by atoms with Gasteiger partial charge in [0.1, 0.15) is 5.69 Å². The molecule has 2 unspecified atom stereocenters. The molecule has 10 heteroatoms. The molecule has 0 bridgehead atoms. The summed E-state index contributed by atoms with van der Waals surface area (Å²) in [4.78, 5) is 19.4. The van der Waals surface area contributed by atoms with E-state index in [1.54, 1.807) is 19.1 Å². The molecule has 1 aliphatic carbocycles. The van der Waals surface area contributed by atoms with Gasteiger partial charge in [0.15, 0.2) is 5.13 Å². The molecule has 2 N–H and O–H groups in total. The molecule has 31 heavy (non-hydrogen) atoms. The van der Waals surface area contributed by atoms with Crippen LogP contribution in [0.4, 0.5) is 10.8 Å². The van der Waals surface area contributed by atoms with Gasteiger partial charge in [-0.3, -0.25) is 4.79 Å². The minimum Gasteiger partial charge on any atom is -0.393 e. The zero-order chi connectivity index (χ0) is 22.6. The molecule has 1 aliphatic rings. The van der Waals surface area contributed by atoms with E-state index in [4.69, 9.17) is 5.26 Å². The molecule has 1 saturated carbocycles. The normalized spacial score (nSPS) is 19.3. The van der Waals surface area contributed by atoms with Crippen LogP contribution in [0.1, 0.15) is 53.0 Å². The summed E-state index contributed by atoms with van der Waals surface area (Å²) in [6, 6.07) is 9.22. The Labute approximate surface area is 186 Å². The number of sulfonamides is 1.